The van der Waals surface area contributed by atoms with E-state index in [0.717, 1.165) is 0 Å². The van der Waals surface area contributed by atoms with Crippen molar-refractivity contribution in [2.45, 2.75) is 5.16 Å². The predicted octanol–water partition coefficient (Wildman–Crippen LogP) is -0.769. The maximum absolute atomic E-state index is 11.8. The quantitative estimate of drug-likeness (QED) is 0.617. The lowest BCUT2D eigenvalue weighted by Crippen LogP contribution is -2.17. The summed E-state index contributed by atoms with van der Waals surface area (Å²) in [5, 5.41) is -0.642. The Morgan fingerprint density at radius 2 is 1.42 bits per heavy atom. The first-order valence-electron chi connectivity index (χ1n) is 4.67. The molecule has 0 aromatic carbocycles. The first kappa shape index (κ1) is 15.9. The molecule has 1 rings (SSSR count). The molecule has 0 atom stereocenters. The number of hydrogen-bond donors (Lipinski definition) is 0. The van der Waals surface area contributed by atoms with E-state index in [4.69, 9.17) is 10.7 Å². The molecule has 0 N–H and O–H groups in total. The van der Waals surface area contributed by atoms with Crippen molar-refractivity contribution in [3.8, 4) is 12.0 Å². The molecule has 0 amide bonds. The van der Waals surface area contributed by atoms with Gasteiger partial charge in [-0.25, -0.2) is 16.8 Å². The highest BCUT2D eigenvalue weighted by Crippen LogP contribution is 2.14. The smallest absolute Gasteiger partial charge is 0.323 e. The summed E-state index contributed by atoms with van der Waals surface area (Å²) in [6.45, 7) is 0. The highest BCUT2D eigenvalue weighted by molar-refractivity contribution is 8.14. The Kier molecular flexibility index (Phi) is 4.87. The Morgan fingerprint density at radius 1 is 0.947 bits per heavy atom. The second-order valence-electron chi connectivity index (χ2n) is 3.15. The highest BCUT2D eigenvalue weighted by atomic mass is 35.7. The van der Waals surface area contributed by atoms with Crippen molar-refractivity contribution in [2.24, 2.45) is 0 Å². The maximum Gasteiger partial charge on any atom is 0.323 e. The van der Waals surface area contributed by atoms with E-state index in [1.54, 1.807) is 0 Å². The fourth-order valence-corrected chi connectivity index (χ4v) is 3.80. The number of rotatable bonds is 6. The van der Waals surface area contributed by atoms with Crippen LogP contribution in [0, 0.1) is 0 Å². The first-order chi connectivity index (χ1) is 8.68. The largest absolute Gasteiger partial charge is 0.467 e. The summed E-state index contributed by atoms with van der Waals surface area (Å²) in [6.07, 6.45) is 0. The van der Waals surface area contributed by atoms with E-state index in [0.29, 0.717) is 0 Å². The Morgan fingerprint density at radius 3 is 1.79 bits per heavy atom. The van der Waals surface area contributed by atoms with Crippen molar-refractivity contribution in [3.05, 3.63) is 0 Å². The van der Waals surface area contributed by atoms with E-state index < -0.39 is 35.6 Å². The predicted molar refractivity (Wildman–Crippen MR) is 64.6 cm³/mol. The number of sulfone groups is 1. The van der Waals surface area contributed by atoms with Crippen LogP contribution in [-0.4, -0.2) is 57.5 Å². The summed E-state index contributed by atoms with van der Waals surface area (Å²) in [7, 11) is -0.572. The number of hydrogen-bond acceptors (Lipinski definition) is 9. The lowest BCUT2D eigenvalue weighted by atomic mass is 10.9. The number of methoxy groups -OCH3 is 2. The van der Waals surface area contributed by atoms with Gasteiger partial charge in [0.2, 0.25) is 18.9 Å². The van der Waals surface area contributed by atoms with E-state index in [9.17, 15) is 16.8 Å². The third kappa shape index (κ3) is 4.76. The fourth-order valence-electron chi connectivity index (χ4n) is 0.943. The summed E-state index contributed by atoms with van der Waals surface area (Å²) >= 11 is 0. The van der Waals surface area contributed by atoms with Gasteiger partial charge in [-0.2, -0.15) is 9.97 Å². The van der Waals surface area contributed by atoms with Crippen molar-refractivity contribution < 1.29 is 26.3 Å². The van der Waals surface area contributed by atoms with Crippen LogP contribution < -0.4 is 9.47 Å². The SMILES string of the molecule is COc1nc(OC)nc(S(=O)(=O)CCS(=O)(=O)Cl)n1. The minimum atomic E-state index is -4.04. The molecule has 19 heavy (non-hydrogen) atoms. The van der Waals surface area contributed by atoms with Crippen LogP contribution in [-0.2, 0) is 18.9 Å². The molecule has 9 nitrogen and oxygen atoms in total. The Labute approximate surface area is 114 Å². The molecule has 0 spiro atoms. The van der Waals surface area contributed by atoms with Crippen LogP contribution >= 0.6 is 10.7 Å². The molecule has 1 aromatic rings. The Bertz CT molecular complexity index is 637. The third-order valence-corrected chi connectivity index (χ3v) is 4.71. The van der Waals surface area contributed by atoms with E-state index >= 15 is 0 Å². The van der Waals surface area contributed by atoms with E-state index in [-0.39, 0.29) is 12.0 Å². The van der Waals surface area contributed by atoms with E-state index in [1.165, 1.54) is 14.2 Å². The molecule has 1 heterocycles. The number of halogens is 1. The average Bonchev–Trinajstić information content (AvgIpc) is 2.35. The summed E-state index contributed by atoms with van der Waals surface area (Å²) in [5.41, 5.74) is 0. The minimum Gasteiger partial charge on any atom is -0.467 e. The van der Waals surface area contributed by atoms with Crippen LogP contribution in [0.15, 0.2) is 5.16 Å². The molecular weight excluding hydrogens is 322 g/mol. The normalized spacial score (nSPS) is 12.2. The molecule has 0 fully saturated rings. The molecule has 0 saturated heterocycles. The van der Waals surface area contributed by atoms with Crippen LogP contribution in [0.5, 0.6) is 12.0 Å². The molecule has 0 aliphatic rings. The van der Waals surface area contributed by atoms with Gasteiger partial charge in [0, 0.05) is 10.7 Å². The van der Waals surface area contributed by atoms with Crippen LogP contribution in [0.2, 0.25) is 0 Å². The van der Waals surface area contributed by atoms with Crippen molar-refractivity contribution in [1.29, 1.82) is 0 Å². The molecular formula is C7H10ClN3O6S2. The van der Waals surface area contributed by atoms with Gasteiger partial charge in [0.25, 0.3) is 5.16 Å². The van der Waals surface area contributed by atoms with Crippen molar-refractivity contribution in [1.82, 2.24) is 15.0 Å². The standard InChI is InChI=1S/C7H10ClN3O6S2/c1-16-5-9-6(17-2)11-7(10-5)18(12,13)3-4-19(8,14)15/h3-4H2,1-2H3. The lowest BCUT2D eigenvalue weighted by Gasteiger charge is -2.05. The summed E-state index contributed by atoms with van der Waals surface area (Å²) < 4.78 is 54.5. The van der Waals surface area contributed by atoms with Crippen LogP contribution in [0.25, 0.3) is 0 Å². The highest BCUT2D eigenvalue weighted by Gasteiger charge is 2.24. The topological polar surface area (TPSA) is 125 Å². The van der Waals surface area contributed by atoms with Crippen molar-refractivity contribution >= 4 is 29.6 Å². The van der Waals surface area contributed by atoms with Crippen LogP contribution in [0.4, 0.5) is 0 Å². The molecule has 108 valence electrons. The van der Waals surface area contributed by atoms with Gasteiger partial charge in [-0.05, 0) is 0 Å². The number of ether oxygens (including phenoxy) is 2. The molecule has 0 bridgehead atoms. The van der Waals surface area contributed by atoms with Crippen LogP contribution in [0.1, 0.15) is 0 Å². The van der Waals surface area contributed by atoms with Crippen molar-refractivity contribution in [2.75, 3.05) is 25.7 Å². The van der Waals surface area contributed by atoms with Gasteiger partial charge in [-0.3, -0.25) is 0 Å². The second-order valence-corrected chi connectivity index (χ2v) is 8.05. The summed E-state index contributed by atoms with van der Waals surface area (Å²) in [6, 6.07) is -0.529. The first-order valence-corrected chi connectivity index (χ1v) is 8.80. The van der Waals surface area contributed by atoms with Gasteiger partial charge in [0.05, 0.1) is 25.7 Å². The third-order valence-electron chi connectivity index (χ3n) is 1.81. The zero-order valence-electron chi connectivity index (χ0n) is 9.90. The Hall–Kier alpha value is -1.20. The van der Waals surface area contributed by atoms with Gasteiger partial charge in [0.1, 0.15) is 0 Å². The van der Waals surface area contributed by atoms with Gasteiger partial charge in [0.15, 0.2) is 0 Å². The molecule has 12 heteroatoms. The van der Waals surface area contributed by atoms with Gasteiger partial charge < -0.3 is 9.47 Å². The minimum absolute atomic E-state index is 0.265. The number of nitrogens with zero attached hydrogens (tertiary/aromatic N) is 3. The number of aromatic nitrogens is 3. The molecule has 0 aliphatic heterocycles. The summed E-state index contributed by atoms with van der Waals surface area (Å²) in [5.74, 6) is -1.51. The lowest BCUT2D eigenvalue weighted by molar-refractivity contribution is 0.330. The molecule has 0 unspecified atom stereocenters. The fraction of sp³-hybridized carbons (Fsp3) is 0.571. The molecule has 0 saturated carbocycles. The molecule has 1 aromatic heterocycles. The average molecular weight is 332 g/mol. The monoisotopic (exact) mass is 331 g/mol. The zero-order valence-corrected chi connectivity index (χ0v) is 12.3. The second kappa shape index (κ2) is 5.84. The van der Waals surface area contributed by atoms with Crippen LogP contribution in [0.3, 0.4) is 0 Å². The van der Waals surface area contributed by atoms with E-state index in [1.807, 2.05) is 0 Å². The van der Waals surface area contributed by atoms with Gasteiger partial charge in [-0.1, -0.05) is 0 Å². The molecule has 0 aliphatic carbocycles. The van der Waals surface area contributed by atoms with Crippen molar-refractivity contribution in [3.63, 3.8) is 0 Å². The maximum atomic E-state index is 11.8. The zero-order chi connectivity index (χ0) is 14.7. The van der Waals surface area contributed by atoms with E-state index in [2.05, 4.69) is 24.4 Å². The molecule has 0 radical (unpaired) electrons. The van der Waals surface area contributed by atoms with Gasteiger partial charge >= 0.3 is 12.0 Å². The Balaban J connectivity index is 3.13. The van der Waals surface area contributed by atoms with Gasteiger partial charge in [-0.15, -0.1) is 4.98 Å². The summed E-state index contributed by atoms with van der Waals surface area (Å²) in [4.78, 5) is 10.7.